The molecule has 1 aliphatic rings. The molecule has 1 aromatic rings. The van der Waals surface area contributed by atoms with Crippen LogP contribution in [-0.2, 0) is 25.5 Å². The van der Waals surface area contributed by atoms with E-state index >= 15 is 0 Å². The van der Waals surface area contributed by atoms with E-state index in [4.69, 9.17) is 14.6 Å². The average molecular weight is 250 g/mol. The van der Waals surface area contributed by atoms with Gasteiger partial charge in [-0.25, -0.2) is 0 Å². The highest BCUT2D eigenvalue weighted by Crippen LogP contribution is 2.18. The van der Waals surface area contributed by atoms with Gasteiger partial charge in [0.2, 0.25) is 0 Å². The van der Waals surface area contributed by atoms with Gasteiger partial charge in [0.25, 0.3) is 0 Å². The highest BCUT2D eigenvalue weighted by atomic mass is 16.6. The van der Waals surface area contributed by atoms with Crippen molar-refractivity contribution in [3.8, 4) is 0 Å². The lowest BCUT2D eigenvalue weighted by atomic mass is 10.1. The zero-order valence-electron chi connectivity index (χ0n) is 9.74. The molecule has 2 atom stereocenters. The van der Waals surface area contributed by atoms with Gasteiger partial charge in [-0.15, -0.1) is 0 Å². The van der Waals surface area contributed by atoms with Crippen LogP contribution in [0.2, 0.25) is 0 Å². The van der Waals surface area contributed by atoms with Gasteiger partial charge in [-0.05, 0) is 5.56 Å². The first-order valence-electron chi connectivity index (χ1n) is 5.73. The van der Waals surface area contributed by atoms with Crippen molar-refractivity contribution in [2.45, 2.75) is 25.0 Å². The van der Waals surface area contributed by atoms with Gasteiger partial charge in [0.15, 0.2) is 12.2 Å². The Kier molecular flexibility index (Phi) is 3.94. The summed E-state index contributed by atoms with van der Waals surface area (Å²) in [4.78, 5) is 22.7. The summed E-state index contributed by atoms with van der Waals surface area (Å²) >= 11 is 0. The van der Waals surface area contributed by atoms with Gasteiger partial charge in [-0.2, -0.15) is 0 Å². The Morgan fingerprint density at radius 2 is 2.11 bits per heavy atom. The van der Waals surface area contributed by atoms with Crippen LogP contribution in [0.15, 0.2) is 30.3 Å². The van der Waals surface area contributed by atoms with Crippen LogP contribution < -0.4 is 0 Å². The van der Waals surface area contributed by atoms with E-state index < -0.39 is 24.1 Å². The summed E-state index contributed by atoms with van der Waals surface area (Å²) in [6, 6.07) is 9.17. The minimum Gasteiger partial charge on any atom is -0.457 e. The summed E-state index contributed by atoms with van der Waals surface area (Å²) in [7, 11) is 0. The van der Waals surface area contributed by atoms with Gasteiger partial charge >= 0.3 is 11.9 Å². The molecule has 5 heteroatoms. The van der Waals surface area contributed by atoms with Crippen molar-refractivity contribution >= 4 is 11.9 Å². The van der Waals surface area contributed by atoms with Crippen molar-refractivity contribution in [1.82, 2.24) is 0 Å². The van der Waals surface area contributed by atoms with Crippen molar-refractivity contribution in [2.24, 2.45) is 0 Å². The number of esters is 2. The van der Waals surface area contributed by atoms with Crippen LogP contribution in [-0.4, -0.2) is 35.9 Å². The summed E-state index contributed by atoms with van der Waals surface area (Å²) in [5.41, 5.74) is 0.841. The summed E-state index contributed by atoms with van der Waals surface area (Å²) in [6.45, 7) is -0.338. The van der Waals surface area contributed by atoms with Crippen molar-refractivity contribution < 1.29 is 24.2 Å². The molecule has 1 N–H and O–H groups in total. The maximum atomic E-state index is 11.7. The summed E-state index contributed by atoms with van der Waals surface area (Å²) in [5, 5.41) is 8.99. The van der Waals surface area contributed by atoms with E-state index in [1.165, 1.54) is 0 Å². The van der Waals surface area contributed by atoms with Crippen LogP contribution in [0, 0.1) is 0 Å². The lowest BCUT2D eigenvalue weighted by molar-refractivity contribution is -0.153. The largest absolute Gasteiger partial charge is 0.457 e. The SMILES string of the molecule is O=C(Cc1ccccc1)O[C@H]1CC(=O)O[C@@H]1CO. The fourth-order valence-electron chi connectivity index (χ4n) is 1.83. The number of aliphatic hydroxyl groups is 1. The van der Waals surface area contributed by atoms with Crippen molar-refractivity contribution in [1.29, 1.82) is 0 Å². The van der Waals surface area contributed by atoms with E-state index in [0.717, 1.165) is 5.56 Å². The number of benzene rings is 1. The van der Waals surface area contributed by atoms with E-state index in [1.54, 1.807) is 0 Å². The van der Waals surface area contributed by atoms with Crippen LogP contribution in [0.1, 0.15) is 12.0 Å². The number of ether oxygens (including phenoxy) is 2. The average Bonchev–Trinajstić information content (AvgIpc) is 2.70. The molecule has 2 rings (SSSR count). The van der Waals surface area contributed by atoms with Gasteiger partial charge in [0, 0.05) is 0 Å². The molecule has 18 heavy (non-hydrogen) atoms. The third-order valence-corrected chi connectivity index (χ3v) is 2.72. The first-order chi connectivity index (χ1) is 8.69. The predicted octanol–water partition coefficient (Wildman–Crippen LogP) is 0.449. The number of hydrogen-bond donors (Lipinski definition) is 1. The van der Waals surface area contributed by atoms with Crippen LogP contribution in [0.4, 0.5) is 0 Å². The van der Waals surface area contributed by atoms with Crippen molar-refractivity contribution in [3.05, 3.63) is 35.9 Å². The Balaban J connectivity index is 1.89. The third kappa shape index (κ3) is 3.07. The second-order valence-electron chi connectivity index (χ2n) is 4.11. The molecule has 0 aliphatic carbocycles. The standard InChI is InChI=1S/C13H14O5/c14-8-11-10(7-13(16)18-11)17-12(15)6-9-4-2-1-3-5-9/h1-5,10-11,14H,6-8H2/t10-,11+/m0/s1. The number of rotatable bonds is 4. The van der Waals surface area contributed by atoms with Crippen LogP contribution >= 0.6 is 0 Å². The molecule has 1 aromatic carbocycles. The van der Waals surface area contributed by atoms with Crippen molar-refractivity contribution in [3.63, 3.8) is 0 Å². The van der Waals surface area contributed by atoms with Gasteiger partial charge in [0.1, 0.15) is 0 Å². The number of hydrogen-bond acceptors (Lipinski definition) is 5. The van der Waals surface area contributed by atoms with Gasteiger partial charge in [-0.3, -0.25) is 9.59 Å². The molecule has 96 valence electrons. The third-order valence-electron chi connectivity index (χ3n) is 2.72. The Morgan fingerprint density at radius 1 is 1.39 bits per heavy atom. The number of carbonyl (C=O) groups is 2. The lowest BCUT2D eigenvalue weighted by Crippen LogP contribution is -2.30. The molecule has 0 radical (unpaired) electrons. The second kappa shape index (κ2) is 5.64. The molecule has 0 amide bonds. The Morgan fingerprint density at radius 3 is 2.78 bits per heavy atom. The second-order valence-corrected chi connectivity index (χ2v) is 4.11. The van der Waals surface area contributed by atoms with E-state index in [-0.39, 0.29) is 19.4 Å². The van der Waals surface area contributed by atoms with E-state index in [0.29, 0.717) is 0 Å². The molecule has 0 saturated carbocycles. The minimum atomic E-state index is -0.739. The molecule has 1 saturated heterocycles. The van der Waals surface area contributed by atoms with Crippen LogP contribution in [0.3, 0.4) is 0 Å². The predicted molar refractivity (Wildman–Crippen MR) is 61.6 cm³/mol. The Labute approximate surface area is 104 Å². The smallest absolute Gasteiger partial charge is 0.310 e. The molecule has 0 unspecified atom stereocenters. The molecule has 1 heterocycles. The van der Waals surface area contributed by atoms with Crippen LogP contribution in [0.5, 0.6) is 0 Å². The van der Waals surface area contributed by atoms with Gasteiger partial charge in [0.05, 0.1) is 19.4 Å². The molecular weight excluding hydrogens is 236 g/mol. The molecule has 5 nitrogen and oxygen atoms in total. The Hall–Kier alpha value is -1.88. The van der Waals surface area contributed by atoms with Crippen LogP contribution in [0.25, 0.3) is 0 Å². The maximum Gasteiger partial charge on any atom is 0.310 e. The quantitative estimate of drug-likeness (QED) is 0.785. The monoisotopic (exact) mass is 250 g/mol. The molecule has 0 spiro atoms. The summed E-state index contributed by atoms with van der Waals surface area (Å²) in [6.07, 6.45) is -1.27. The molecule has 0 aromatic heterocycles. The number of carbonyl (C=O) groups excluding carboxylic acids is 2. The highest BCUT2D eigenvalue weighted by Gasteiger charge is 2.37. The summed E-state index contributed by atoms with van der Waals surface area (Å²) in [5.74, 6) is -0.880. The first kappa shape index (κ1) is 12.6. The molecule has 1 aliphatic heterocycles. The van der Waals surface area contributed by atoms with Gasteiger partial charge < -0.3 is 14.6 Å². The molecule has 1 fully saturated rings. The van der Waals surface area contributed by atoms with E-state index in [9.17, 15) is 9.59 Å². The topological polar surface area (TPSA) is 72.8 Å². The normalized spacial score (nSPS) is 22.6. The molecular formula is C13H14O5. The number of aliphatic hydroxyl groups excluding tert-OH is 1. The van der Waals surface area contributed by atoms with E-state index in [1.807, 2.05) is 30.3 Å². The number of cyclic esters (lactones) is 1. The zero-order chi connectivity index (χ0) is 13.0. The minimum absolute atomic E-state index is 0.00571. The van der Waals surface area contributed by atoms with E-state index in [2.05, 4.69) is 0 Å². The molecule has 0 bridgehead atoms. The maximum absolute atomic E-state index is 11.7. The lowest BCUT2D eigenvalue weighted by Gasteiger charge is -2.15. The fourth-order valence-corrected chi connectivity index (χ4v) is 1.83. The summed E-state index contributed by atoms with van der Waals surface area (Å²) < 4.78 is 9.95. The van der Waals surface area contributed by atoms with Crippen molar-refractivity contribution in [2.75, 3.05) is 6.61 Å². The zero-order valence-corrected chi connectivity index (χ0v) is 9.74. The Bertz CT molecular complexity index is 428. The fraction of sp³-hybridized carbons (Fsp3) is 0.385. The van der Waals surface area contributed by atoms with Gasteiger partial charge in [-0.1, -0.05) is 30.3 Å². The first-order valence-corrected chi connectivity index (χ1v) is 5.73. The highest BCUT2D eigenvalue weighted by molar-refractivity contribution is 5.76.